The molecule has 0 atom stereocenters. The van der Waals surface area contributed by atoms with Crippen molar-refractivity contribution in [1.82, 2.24) is 0 Å². The van der Waals surface area contributed by atoms with Gasteiger partial charge in [0.2, 0.25) is 5.91 Å². The predicted octanol–water partition coefficient (Wildman–Crippen LogP) is 3.09. The fraction of sp³-hybridized carbons (Fsp3) is 0.231. The van der Waals surface area contributed by atoms with E-state index in [9.17, 15) is 9.59 Å². The Labute approximate surface area is 119 Å². The van der Waals surface area contributed by atoms with Crippen LogP contribution in [0.5, 0.6) is 0 Å². The highest BCUT2D eigenvalue weighted by Crippen LogP contribution is 2.28. The van der Waals surface area contributed by atoms with Gasteiger partial charge in [0, 0.05) is 0 Å². The number of aryl methyl sites for hydroxylation is 1. The molecule has 19 heavy (non-hydrogen) atoms. The smallest absolute Gasteiger partial charge is 0.350 e. The molecule has 100 valence electrons. The third-order valence-electron chi connectivity index (χ3n) is 2.55. The van der Waals surface area contributed by atoms with Crippen molar-refractivity contribution in [2.75, 3.05) is 12.4 Å². The van der Waals surface area contributed by atoms with Crippen LogP contribution in [-0.2, 0) is 16.0 Å². The van der Waals surface area contributed by atoms with E-state index in [1.165, 1.54) is 18.4 Å². The van der Waals surface area contributed by atoms with Crippen molar-refractivity contribution in [1.29, 1.82) is 0 Å². The lowest BCUT2D eigenvalue weighted by atomic mass is 10.2. The average molecular weight is 295 g/mol. The van der Waals surface area contributed by atoms with Gasteiger partial charge < -0.3 is 10.1 Å². The highest BCUT2D eigenvalue weighted by molar-refractivity contribution is 7.12. The second kappa shape index (κ2) is 5.99. The summed E-state index contributed by atoms with van der Waals surface area (Å²) in [5.41, 5.74) is 2.39. The number of thiophene rings is 2. The maximum absolute atomic E-state index is 11.9. The average Bonchev–Trinajstić information content (AvgIpc) is 3.00. The van der Waals surface area contributed by atoms with Crippen LogP contribution < -0.4 is 5.32 Å². The molecule has 2 rings (SSSR count). The Hall–Kier alpha value is -1.66. The van der Waals surface area contributed by atoms with Crippen LogP contribution in [0.2, 0.25) is 0 Å². The zero-order valence-electron chi connectivity index (χ0n) is 10.6. The summed E-state index contributed by atoms with van der Waals surface area (Å²) in [5.74, 6) is -0.561. The Morgan fingerprint density at radius 2 is 2.16 bits per heavy atom. The molecule has 0 radical (unpaired) electrons. The molecular weight excluding hydrogens is 282 g/mol. The van der Waals surface area contributed by atoms with Gasteiger partial charge in [0.05, 0.1) is 19.2 Å². The van der Waals surface area contributed by atoms with Gasteiger partial charge in [0.1, 0.15) is 4.88 Å². The molecule has 1 amide bonds. The Morgan fingerprint density at radius 3 is 2.79 bits per heavy atom. The first-order chi connectivity index (χ1) is 9.11. The molecule has 4 nitrogen and oxygen atoms in total. The zero-order valence-corrected chi connectivity index (χ0v) is 12.2. The number of nitrogens with one attached hydrogen (secondary N) is 1. The Kier molecular flexibility index (Phi) is 4.34. The maximum Gasteiger partial charge on any atom is 0.350 e. The monoisotopic (exact) mass is 295 g/mol. The number of amides is 1. The second-order valence-electron chi connectivity index (χ2n) is 3.97. The number of hydrogen-bond donors (Lipinski definition) is 1. The SMILES string of the molecule is COC(=O)c1scc(C)c1NC(=O)Cc1ccsc1. The van der Waals surface area contributed by atoms with Gasteiger partial charge in [-0.1, -0.05) is 0 Å². The minimum Gasteiger partial charge on any atom is -0.465 e. The normalized spacial score (nSPS) is 10.2. The van der Waals surface area contributed by atoms with E-state index in [-0.39, 0.29) is 5.91 Å². The summed E-state index contributed by atoms with van der Waals surface area (Å²) in [6.07, 6.45) is 0.305. The van der Waals surface area contributed by atoms with Crippen LogP contribution in [0.4, 0.5) is 5.69 Å². The van der Waals surface area contributed by atoms with Crippen LogP contribution in [-0.4, -0.2) is 19.0 Å². The minimum absolute atomic E-state index is 0.134. The molecule has 1 N–H and O–H groups in total. The number of rotatable bonds is 4. The van der Waals surface area contributed by atoms with Crippen LogP contribution >= 0.6 is 22.7 Å². The summed E-state index contributed by atoms with van der Waals surface area (Å²) in [6, 6.07) is 1.91. The van der Waals surface area contributed by atoms with E-state index in [1.807, 2.05) is 29.1 Å². The molecule has 0 saturated heterocycles. The number of methoxy groups -OCH3 is 1. The van der Waals surface area contributed by atoms with Crippen molar-refractivity contribution in [2.45, 2.75) is 13.3 Å². The van der Waals surface area contributed by atoms with Crippen molar-refractivity contribution >= 4 is 40.2 Å². The third kappa shape index (κ3) is 3.21. The van der Waals surface area contributed by atoms with Gasteiger partial charge in [-0.15, -0.1) is 11.3 Å². The van der Waals surface area contributed by atoms with Gasteiger partial charge in [0.25, 0.3) is 0 Å². The number of esters is 1. The fourth-order valence-corrected chi connectivity index (χ4v) is 3.20. The summed E-state index contributed by atoms with van der Waals surface area (Å²) < 4.78 is 4.70. The summed E-state index contributed by atoms with van der Waals surface area (Å²) >= 11 is 2.82. The fourth-order valence-electron chi connectivity index (χ4n) is 1.60. The largest absolute Gasteiger partial charge is 0.465 e. The molecule has 0 bridgehead atoms. The molecule has 0 fully saturated rings. The van der Waals surface area contributed by atoms with Crippen molar-refractivity contribution < 1.29 is 14.3 Å². The van der Waals surface area contributed by atoms with Gasteiger partial charge in [-0.3, -0.25) is 4.79 Å². The molecule has 2 aromatic rings. The standard InChI is InChI=1S/C13H13NO3S2/c1-8-6-19-12(13(16)17-2)11(8)14-10(15)5-9-3-4-18-7-9/h3-4,6-7H,5H2,1-2H3,(H,14,15). The molecule has 0 aliphatic carbocycles. The molecule has 0 aliphatic heterocycles. The first kappa shape index (κ1) is 13.8. The predicted molar refractivity (Wildman–Crippen MR) is 77.0 cm³/mol. The van der Waals surface area contributed by atoms with Crippen molar-refractivity contribution in [3.63, 3.8) is 0 Å². The third-order valence-corrected chi connectivity index (χ3v) is 4.36. The van der Waals surface area contributed by atoms with Crippen LogP contribution in [0.15, 0.2) is 22.2 Å². The number of anilines is 1. The minimum atomic E-state index is -0.427. The van der Waals surface area contributed by atoms with E-state index in [0.717, 1.165) is 11.1 Å². The summed E-state index contributed by atoms with van der Waals surface area (Å²) in [5, 5.41) is 8.47. The molecule has 0 unspecified atom stereocenters. The highest BCUT2D eigenvalue weighted by Gasteiger charge is 2.18. The molecular formula is C13H13NO3S2. The number of carbonyl (C=O) groups excluding carboxylic acids is 2. The molecule has 2 heterocycles. The van der Waals surface area contributed by atoms with Crippen molar-refractivity contribution in [3.8, 4) is 0 Å². The molecule has 0 aliphatic rings. The van der Waals surface area contributed by atoms with E-state index < -0.39 is 5.97 Å². The number of hydrogen-bond acceptors (Lipinski definition) is 5. The quantitative estimate of drug-likeness (QED) is 0.882. The Balaban J connectivity index is 2.12. The lowest BCUT2D eigenvalue weighted by Crippen LogP contribution is -2.16. The van der Waals surface area contributed by atoms with E-state index in [1.54, 1.807) is 11.3 Å². The van der Waals surface area contributed by atoms with Crippen molar-refractivity contribution in [3.05, 3.63) is 38.2 Å². The number of carbonyl (C=O) groups is 2. The maximum atomic E-state index is 11.9. The Bertz CT molecular complexity index is 587. The van der Waals surface area contributed by atoms with Gasteiger partial charge in [-0.2, -0.15) is 11.3 Å². The lowest BCUT2D eigenvalue weighted by Gasteiger charge is -2.06. The molecule has 2 aromatic heterocycles. The van der Waals surface area contributed by atoms with Gasteiger partial charge in [0.15, 0.2) is 0 Å². The van der Waals surface area contributed by atoms with Crippen LogP contribution in [0.3, 0.4) is 0 Å². The topological polar surface area (TPSA) is 55.4 Å². The van der Waals surface area contributed by atoms with Gasteiger partial charge >= 0.3 is 5.97 Å². The molecule has 0 aromatic carbocycles. The van der Waals surface area contributed by atoms with Gasteiger partial charge in [-0.05, 0) is 40.3 Å². The lowest BCUT2D eigenvalue weighted by molar-refractivity contribution is -0.115. The van der Waals surface area contributed by atoms with E-state index in [0.29, 0.717) is 17.0 Å². The molecule has 0 saturated carbocycles. The van der Waals surface area contributed by atoms with Crippen LogP contribution in [0, 0.1) is 6.92 Å². The second-order valence-corrected chi connectivity index (χ2v) is 5.63. The molecule has 6 heteroatoms. The van der Waals surface area contributed by atoms with Crippen molar-refractivity contribution in [2.24, 2.45) is 0 Å². The van der Waals surface area contributed by atoms with E-state index in [2.05, 4.69) is 5.32 Å². The van der Waals surface area contributed by atoms with E-state index >= 15 is 0 Å². The summed E-state index contributed by atoms with van der Waals surface area (Å²) in [4.78, 5) is 24.0. The zero-order chi connectivity index (χ0) is 13.8. The Morgan fingerprint density at radius 1 is 1.37 bits per heavy atom. The molecule has 0 spiro atoms. The highest BCUT2D eigenvalue weighted by atomic mass is 32.1. The summed E-state index contributed by atoms with van der Waals surface area (Å²) in [7, 11) is 1.33. The van der Waals surface area contributed by atoms with Crippen LogP contribution in [0.1, 0.15) is 20.8 Å². The number of ether oxygens (including phenoxy) is 1. The first-order valence-electron chi connectivity index (χ1n) is 5.59. The van der Waals surface area contributed by atoms with Gasteiger partial charge in [-0.25, -0.2) is 4.79 Å². The van der Waals surface area contributed by atoms with E-state index in [4.69, 9.17) is 4.74 Å². The summed E-state index contributed by atoms with van der Waals surface area (Å²) in [6.45, 7) is 1.85. The first-order valence-corrected chi connectivity index (χ1v) is 7.41. The van der Waals surface area contributed by atoms with Crippen LogP contribution in [0.25, 0.3) is 0 Å².